The zero-order chi connectivity index (χ0) is 26.2. The maximum absolute atomic E-state index is 14.8. The molecule has 3 rings (SSSR count). The number of carbonyl (C=O) groups excluding carboxylic acids is 3. The fourth-order valence-corrected chi connectivity index (χ4v) is 7.45. The topological polar surface area (TPSA) is 68.3 Å². The minimum absolute atomic E-state index is 0.156. The van der Waals surface area contributed by atoms with Crippen molar-refractivity contribution >= 4 is 29.3 Å². The predicted molar refractivity (Wildman–Crippen MR) is 143 cm³/mol. The molecule has 35 heavy (non-hydrogen) atoms. The van der Waals surface area contributed by atoms with E-state index in [0.29, 0.717) is 44.5 Å². The zero-order valence-corrected chi connectivity index (χ0v) is 22.3. The van der Waals surface area contributed by atoms with E-state index in [2.05, 4.69) is 6.58 Å². The molecule has 0 saturated heterocycles. The lowest BCUT2D eigenvalue weighted by molar-refractivity contribution is 0.103. The molecule has 1 atom stereocenters. The molecule has 0 aliphatic heterocycles. The van der Waals surface area contributed by atoms with Crippen molar-refractivity contribution in [2.45, 2.75) is 48.5 Å². The highest BCUT2D eigenvalue weighted by molar-refractivity contribution is 8.01. The van der Waals surface area contributed by atoms with Gasteiger partial charge in [0.2, 0.25) is 18.2 Å². The Bertz CT molecular complexity index is 1420. The van der Waals surface area contributed by atoms with Crippen molar-refractivity contribution in [2.75, 3.05) is 0 Å². The van der Waals surface area contributed by atoms with Crippen LogP contribution in [0.1, 0.15) is 71.4 Å². The summed E-state index contributed by atoms with van der Waals surface area (Å²) in [5, 5.41) is 0.182. The van der Waals surface area contributed by atoms with Crippen molar-refractivity contribution in [3.63, 3.8) is 0 Å². The van der Waals surface area contributed by atoms with Crippen LogP contribution in [0, 0.1) is 41.5 Å². The Labute approximate surface area is 207 Å². The molecule has 3 aromatic rings. The number of ketones is 1. The Hall–Kier alpha value is -3.36. The van der Waals surface area contributed by atoms with Gasteiger partial charge in [-0.2, -0.15) is 0 Å². The molecule has 5 heteroatoms. The maximum atomic E-state index is 14.8. The summed E-state index contributed by atoms with van der Waals surface area (Å²) in [5.41, 5.74) is 3.74. The Balaban J connectivity index is 2.37. The van der Waals surface area contributed by atoms with Gasteiger partial charge in [0.25, 0.3) is 0 Å². The van der Waals surface area contributed by atoms with Crippen LogP contribution < -0.4 is 5.30 Å². The molecule has 0 saturated carbocycles. The average molecular weight is 487 g/mol. The normalized spacial score (nSPS) is 12.7. The number of hydrogen-bond acceptors (Lipinski definition) is 4. The largest absolute Gasteiger partial charge is 0.302 e. The molecule has 0 aliphatic rings. The van der Waals surface area contributed by atoms with Gasteiger partial charge in [-0.3, -0.25) is 14.4 Å². The molecular weight excluding hydrogens is 455 g/mol. The summed E-state index contributed by atoms with van der Waals surface area (Å²) in [6.45, 7) is 16.1. The van der Waals surface area contributed by atoms with Gasteiger partial charge in [-0.15, -0.1) is 0 Å². The van der Waals surface area contributed by atoms with E-state index in [4.69, 9.17) is 0 Å². The minimum Gasteiger partial charge on any atom is -0.302 e. The molecule has 4 nitrogen and oxygen atoms in total. The van der Waals surface area contributed by atoms with Crippen molar-refractivity contribution < 1.29 is 18.9 Å². The van der Waals surface area contributed by atoms with E-state index in [9.17, 15) is 18.9 Å². The highest BCUT2D eigenvalue weighted by Crippen LogP contribution is 2.53. The molecule has 0 amide bonds. The van der Waals surface area contributed by atoms with Crippen molar-refractivity contribution in [3.8, 4) is 0 Å². The number of hydrogen-bond donors (Lipinski definition) is 0. The van der Waals surface area contributed by atoms with Crippen LogP contribution in [0.5, 0.6) is 0 Å². The monoisotopic (exact) mass is 486 g/mol. The third-order valence-electron chi connectivity index (χ3n) is 6.38. The van der Waals surface area contributed by atoms with Gasteiger partial charge in [0.1, 0.15) is 0 Å². The van der Waals surface area contributed by atoms with Crippen molar-refractivity contribution in [1.82, 2.24) is 0 Å². The van der Waals surface area contributed by atoms with Crippen LogP contribution in [0.4, 0.5) is 0 Å². The maximum Gasteiger partial charge on any atom is 0.248 e. The second-order valence-electron chi connectivity index (χ2n) is 9.32. The van der Waals surface area contributed by atoms with Crippen LogP contribution in [0.3, 0.4) is 0 Å². The molecule has 0 spiro atoms. The van der Waals surface area contributed by atoms with E-state index >= 15 is 0 Å². The summed E-state index contributed by atoms with van der Waals surface area (Å²) < 4.78 is 14.8. The van der Waals surface area contributed by atoms with E-state index in [-0.39, 0.29) is 16.7 Å². The Morgan fingerprint density at radius 1 is 0.686 bits per heavy atom. The molecule has 0 aromatic heterocycles. The molecule has 0 fully saturated rings. The van der Waals surface area contributed by atoms with E-state index < -0.39 is 18.2 Å². The van der Waals surface area contributed by atoms with Gasteiger partial charge < -0.3 is 4.57 Å². The first-order valence-corrected chi connectivity index (χ1v) is 13.2. The third-order valence-corrected chi connectivity index (χ3v) is 9.00. The van der Waals surface area contributed by atoms with Gasteiger partial charge in [-0.05, 0) is 81.9 Å². The van der Waals surface area contributed by atoms with Gasteiger partial charge in [0, 0.05) is 22.0 Å². The molecule has 0 heterocycles. The number of benzene rings is 3. The summed E-state index contributed by atoms with van der Waals surface area (Å²) >= 11 is 0. The summed E-state index contributed by atoms with van der Waals surface area (Å²) in [5.74, 6) is -0.278. The second kappa shape index (κ2) is 9.71. The van der Waals surface area contributed by atoms with E-state index in [0.717, 1.165) is 5.56 Å². The second-order valence-corrected chi connectivity index (χ2v) is 11.9. The van der Waals surface area contributed by atoms with Crippen molar-refractivity contribution in [1.29, 1.82) is 0 Å². The number of Topliss-reactive ketones (excluding diaryl/α,β-unsaturated/α-hetero) is 1. The van der Waals surface area contributed by atoms with Crippen LogP contribution in [-0.2, 0) is 4.57 Å². The number of carbonyl (C=O) groups is 3. The Morgan fingerprint density at radius 3 is 1.66 bits per heavy atom. The van der Waals surface area contributed by atoms with Crippen LogP contribution >= 0.6 is 7.14 Å². The van der Waals surface area contributed by atoms with E-state index in [1.807, 2.05) is 19.1 Å². The van der Waals surface area contributed by atoms with Crippen LogP contribution in [0.2, 0.25) is 0 Å². The van der Waals surface area contributed by atoms with Crippen LogP contribution in [0.25, 0.3) is 0 Å². The van der Waals surface area contributed by atoms with Gasteiger partial charge in [-0.1, -0.05) is 60.7 Å². The zero-order valence-electron chi connectivity index (χ0n) is 21.4. The lowest BCUT2D eigenvalue weighted by atomic mass is 9.90. The van der Waals surface area contributed by atoms with Gasteiger partial charge >= 0.3 is 0 Å². The molecule has 0 N–H and O–H groups in total. The van der Waals surface area contributed by atoms with E-state index in [1.54, 1.807) is 77.9 Å². The molecule has 0 aliphatic carbocycles. The molecular formula is C30H31O4P. The quantitative estimate of drug-likeness (QED) is 0.206. The number of allylic oxidation sites excluding steroid dienone is 1. The minimum atomic E-state index is -4.32. The average Bonchev–Trinajstić information content (AvgIpc) is 2.77. The highest BCUT2D eigenvalue weighted by Gasteiger charge is 2.45. The van der Waals surface area contributed by atoms with E-state index in [1.165, 1.54) is 0 Å². The number of aryl methyl sites for hydroxylation is 5. The molecule has 0 radical (unpaired) electrons. The fraction of sp³-hybridized carbons (Fsp3) is 0.233. The van der Waals surface area contributed by atoms with Crippen molar-refractivity contribution in [3.05, 3.63) is 111 Å². The van der Waals surface area contributed by atoms with Gasteiger partial charge in [-0.25, -0.2) is 0 Å². The standard InChI is InChI=1S/C30H31O4P/c1-17(2)28(31)26-21(6)16-22(7)27(23(26)8)30(33)35(34,24-12-10-9-11-13-24)29(32)25-19(4)14-18(3)15-20(25)5/h9-16H,1H2,2-8H3. The predicted octanol–water partition coefficient (Wildman–Crippen LogP) is 6.97. The molecule has 0 bridgehead atoms. The van der Waals surface area contributed by atoms with Crippen LogP contribution in [0.15, 0.2) is 60.7 Å². The first-order chi connectivity index (χ1) is 16.3. The fourth-order valence-electron chi connectivity index (χ4n) is 4.87. The summed E-state index contributed by atoms with van der Waals surface area (Å²) in [6.07, 6.45) is 0. The summed E-state index contributed by atoms with van der Waals surface area (Å²) in [6, 6.07) is 13.7. The molecule has 3 aromatic carbocycles. The summed E-state index contributed by atoms with van der Waals surface area (Å²) in [7, 11) is -4.32. The lowest BCUT2D eigenvalue weighted by Gasteiger charge is -2.22. The van der Waals surface area contributed by atoms with Gasteiger partial charge in [0.05, 0.1) is 0 Å². The smallest absolute Gasteiger partial charge is 0.248 e. The first-order valence-electron chi connectivity index (χ1n) is 11.5. The first kappa shape index (κ1) is 26.2. The molecule has 180 valence electrons. The van der Waals surface area contributed by atoms with Crippen molar-refractivity contribution in [2.24, 2.45) is 0 Å². The molecule has 1 unspecified atom stereocenters. The highest BCUT2D eigenvalue weighted by atomic mass is 31.2. The number of rotatable bonds is 7. The lowest BCUT2D eigenvalue weighted by Crippen LogP contribution is -2.23. The summed E-state index contributed by atoms with van der Waals surface area (Å²) in [4.78, 5) is 41.3. The Kier molecular flexibility index (Phi) is 7.29. The van der Waals surface area contributed by atoms with Gasteiger partial charge in [0.15, 0.2) is 5.78 Å². The Morgan fingerprint density at radius 2 is 1.14 bits per heavy atom. The third kappa shape index (κ3) is 4.51. The SMILES string of the molecule is C=C(C)C(=O)c1c(C)cc(C)c(C(=O)P(=O)(C(=O)c2c(C)cc(C)cc2C)c2ccccc2)c1C. The van der Waals surface area contributed by atoms with Crippen LogP contribution in [-0.4, -0.2) is 16.8 Å².